The van der Waals surface area contributed by atoms with E-state index < -0.39 is 11.3 Å². The number of aliphatic imine (C=N–C) groups is 2. The first-order valence-corrected chi connectivity index (χ1v) is 13.1. The van der Waals surface area contributed by atoms with Crippen LogP contribution in [0.2, 0.25) is 5.02 Å². The minimum absolute atomic E-state index is 0.110. The Bertz CT molecular complexity index is 1340. The van der Waals surface area contributed by atoms with Crippen molar-refractivity contribution in [2.45, 2.75) is 31.1 Å². The minimum Gasteiger partial charge on any atom is -0.355 e. The van der Waals surface area contributed by atoms with Gasteiger partial charge in [0, 0.05) is 23.6 Å². The monoisotopic (exact) mass is 516 g/mol. The lowest BCUT2D eigenvalue weighted by molar-refractivity contribution is -0.124. The topological polar surface area (TPSA) is 74.1 Å². The van der Waals surface area contributed by atoms with Gasteiger partial charge in [0.2, 0.25) is 5.91 Å². The number of hydrogen-bond acceptors (Lipinski definition) is 5. The third-order valence-electron chi connectivity index (χ3n) is 6.10. The van der Waals surface area contributed by atoms with Gasteiger partial charge in [-0.1, -0.05) is 78.0 Å². The Morgan fingerprint density at radius 2 is 1.75 bits per heavy atom. The fourth-order valence-corrected chi connectivity index (χ4v) is 5.25. The van der Waals surface area contributed by atoms with Crippen molar-refractivity contribution in [2.75, 3.05) is 6.54 Å². The number of para-hydroxylation sites is 1. The van der Waals surface area contributed by atoms with Crippen molar-refractivity contribution < 1.29 is 9.59 Å². The van der Waals surface area contributed by atoms with Gasteiger partial charge in [0.1, 0.15) is 11.9 Å². The highest BCUT2D eigenvalue weighted by Gasteiger charge is 2.42. The summed E-state index contributed by atoms with van der Waals surface area (Å²) >= 11 is 7.21. The highest BCUT2D eigenvalue weighted by molar-refractivity contribution is 8.15. The summed E-state index contributed by atoms with van der Waals surface area (Å²) in [6.45, 7) is 2.33. The van der Waals surface area contributed by atoms with Crippen molar-refractivity contribution in [1.82, 2.24) is 10.2 Å². The lowest BCUT2D eigenvalue weighted by atomic mass is 10.1. The van der Waals surface area contributed by atoms with Crippen molar-refractivity contribution in [2.24, 2.45) is 9.98 Å². The Kier molecular flexibility index (Phi) is 7.20. The first kappa shape index (κ1) is 24.3. The van der Waals surface area contributed by atoms with E-state index in [-0.39, 0.29) is 11.8 Å². The van der Waals surface area contributed by atoms with E-state index >= 15 is 0 Å². The van der Waals surface area contributed by atoms with E-state index in [0.717, 1.165) is 22.4 Å². The van der Waals surface area contributed by atoms with Crippen LogP contribution in [0, 0.1) is 0 Å². The Balaban J connectivity index is 1.30. The summed E-state index contributed by atoms with van der Waals surface area (Å²) in [6.07, 6.45) is 1.22. The number of halogens is 1. The highest BCUT2D eigenvalue weighted by atomic mass is 35.5. The average Bonchev–Trinajstić information content (AvgIpc) is 3.22. The number of amides is 2. The summed E-state index contributed by atoms with van der Waals surface area (Å²) in [7, 11) is 0. The quantitative estimate of drug-likeness (QED) is 0.479. The van der Waals surface area contributed by atoms with Crippen LogP contribution in [0.3, 0.4) is 0 Å². The highest BCUT2D eigenvalue weighted by Crippen LogP contribution is 2.35. The molecule has 36 heavy (non-hydrogen) atoms. The second-order valence-electron chi connectivity index (χ2n) is 8.67. The number of nitrogens with zero attached hydrogens (tertiary/aromatic N) is 3. The molecule has 2 atom stereocenters. The summed E-state index contributed by atoms with van der Waals surface area (Å²) in [5.41, 5.74) is 3.72. The first-order valence-electron chi connectivity index (χ1n) is 11.8. The van der Waals surface area contributed by atoms with Crippen molar-refractivity contribution in [1.29, 1.82) is 0 Å². The molecule has 0 unspecified atom stereocenters. The molecule has 3 aromatic carbocycles. The molecule has 182 valence electrons. The SMILES string of the molecule is C[C@H](SC1=Nc2ccccc2C2=N[C@H](Cc3ccccc3)C(=O)N12)C(=O)NCCc1ccc(Cl)cc1. The molecule has 0 saturated carbocycles. The zero-order chi connectivity index (χ0) is 25.1. The summed E-state index contributed by atoms with van der Waals surface area (Å²) in [6, 6.07) is 24.6. The molecule has 0 radical (unpaired) electrons. The summed E-state index contributed by atoms with van der Waals surface area (Å²) in [4.78, 5) is 37.5. The van der Waals surface area contributed by atoms with Gasteiger partial charge in [-0.3, -0.25) is 14.6 Å². The van der Waals surface area contributed by atoms with Crippen molar-refractivity contribution >= 4 is 51.9 Å². The van der Waals surface area contributed by atoms with E-state index in [1.54, 1.807) is 4.90 Å². The molecule has 2 heterocycles. The van der Waals surface area contributed by atoms with Crippen LogP contribution >= 0.6 is 23.4 Å². The van der Waals surface area contributed by atoms with Gasteiger partial charge in [-0.25, -0.2) is 9.89 Å². The molecule has 3 aromatic rings. The molecule has 8 heteroatoms. The summed E-state index contributed by atoms with van der Waals surface area (Å²) in [5.74, 6) is 0.371. The third kappa shape index (κ3) is 5.22. The molecule has 2 aliphatic rings. The number of nitrogens with one attached hydrogen (secondary N) is 1. The van der Waals surface area contributed by atoms with Gasteiger partial charge < -0.3 is 5.32 Å². The molecule has 0 aromatic heterocycles. The van der Waals surface area contributed by atoms with Gasteiger partial charge in [0.05, 0.1) is 10.9 Å². The maximum Gasteiger partial charge on any atom is 0.259 e. The molecule has 2 amide bonds. The van der Waals surface area contributed by atoms with Crippen molar-refractivity contribution in [3.8, 4) is 0 Å². The molecular weight excluding hydrogens is 492 g/mol. The van der Waals surface area contributed by atoms with Gasteiger partial charge in [0.25, 0.3) is 5.91 Å². The van der Waals surface area contributed by atoms with Crippen molar-refractivity contribution in [3.05, 3.63) is 101 Å². The third-order valence-corrected chi connectivity index (χ3v) is 7.40. The van der Waals surface area contributed by atoms with Gasteiger partial charge >= 0.3 is 0 Å². The van der Waals surface area contributed by atoms with E-state index in [2.05, 4.69) is 5.32 Å². The molecule has 2 aliphatic heterocycles. The normalized spacial score (nSPS) is 17.1. The standard InChI is InChI=1S/C28H25ClN4O2S/c1-18(26(34)30-16-15-19-11-13-21(29)14-12-19)36-28-32-23-10-6-5-9-22(23)25-31-24(27(35)33(25)28)17-20-7-3-2-4-8-20/h2-14,18,24H,15-17H2,1H3,(H,30,34)/t18-,24+/m0/s1. The number of amidine groups is 2. The summed E-state index contributed by atoms with van der Waals surface area (Å²) in [5, 5.41) is 3.71. The van der Waals surface area contributed by atoms with Crippen LogP contribution in [-0.2, 0) is 22.4 Å². The smallest absolute Gasteiger partial charge is 0.259 e. The van der Waals surface area contributed by atoms with Crippen LogP contribution in [0.25, 0.3) is 0 Å². The number of carbonyl (C=O) groups excluding carboxylic acids is 2. The average molecular weight is 517 g/mol. The molecule has 0 spiro atoms. The Labute approximate surface area is 219 Å². The van der Waals surface area contributed by atoms with Crippen molar-refractivity contribution in [3.63, 3.8) is 0 Å². The van der Waals surface area contributed by atoms with Crippen LogP contribution in [-0.4, -0.2) is 45.6 Å². The predicted molar refractivity (Wildman–Crippen MR) is 146 cm³/mol. The van der Waals surface area contributed by atoms with Gasteiger partial charge in [-0.15, -0.1) is 0 Å². The molecule has 1 N–H and O–H groups in total. The molecule has 0 aliphatic carbocycles. The van der Waals surface area contributed by atoms with Gasteiger partial charge in [-0.05, 0) is 48.7 Å². The van der Waals surface area contributed by atoms with Crippen LogP contribution in [0.15, 0.2) is 88.8 Å². The van der Waals surface area contributed by atoms with E-state index in [1.807, 2.05) is 85.8 Å². The zero-order valence-electron chi connectivity index (χ0n) is 19.7. The second-order valence-corrected chi connectivity index (χ2v) is 10.4. The molecule has 0 saturated heterocycles. The van der Waals surface area contributed by atoms with E-state index in [1.165, 1.54) is 11.8 Å². The fraction of sp³-hybridized carbons (Fsp3) is 0.214. The van der Waals surface area contributed by atoms with E-state index in [0.29, 0.717) is 35.4 Å². The van der Waals surface area contributed by atoms with Gasteiger partial charge in [0.15, 0.2) is 5.17 Å². The number of rotatable bonds is 7. The predicted octanol–water partition coefficient (Wildman–Crippen LogP) is 5.02. The Morgan fingerprint density at radius 3 is 2.53 bits per heavy atom. The van der Waals surface area contributed by atoms with Crippen LogP contribution in [0.4, 0.5) is 5.69 Å². The van der Waals surface area contributed by atoms with E-state index in [9.17, 15) is 9.59 Å². The molecule has 0 bridgehead atoms. The molecule has 0 fully saturated rings. The number of carbonyl (C=O) groups is 2. The molecule has 5 rings (SSSR count). The van der Waals surface area contributed by atoms with Gasteiger partial charge in [-0.2, -0.15) is 0 Å². The molecular formula is C28H25ClN4O2S. The maximum atomic E-state index is 13.5. The maximum absolute atomic E-state index is 13.5. The Hall–Kier alpha value is -3.42. The number of hydrogen-bond donors (Lipinski definition) is 1. The lowest BCUT2D eigenvalue weighted by Gasteiger charge is -2.27. The van der Waals surface area contributed by atoms with Crippen LogP contribution < -0.4 is 5.32 Å². The fourth-order valence-electron chi connectivity index (χ4n) is 4.19. The van der Waals surface area contributed by atoms with Crippen LogP contribution in [0.1, 0.15) is 23.6 Å². The number of thioether (sulfide) groups is 1. The Morgan fingerprint density at radius 1 is 1.03 bits per heavy atom. The minimum atomic E-state index is -0.525. The first-order chi connectivity index (χ1) is 17.5. The molecule has 6 nitrogen and oxygen atoms in total. The lowest BCUT2D eigenvalue weighted by Crippen LogP contribution is -2.43. The zero-order valence-corrected chi connectivity index (χ0v) is 21.3. The van der Waals surface area contributed by atoms with E-state index in [4.69, 9.17) is 21.6 Å². The number of benzene rings is 3. The number of fused-ring (bicyclic) bond motifs is 3. The largest absolute Gasteiger partial charge is 0.355 e. The van der Waals surface area contributed by atoms with Crippen LogP contribution in [0.5, 0.6) is 0 Å². The second kappa shape index (κ2) is 10.7. The summed E-state index contributed by atoms with van der Waals surface area (Å²) < 4.78 is 0.